The van der Waals surface area contributed by atoms with Gasteiger partial charge in [-0.1, -0.05) is 37.8 Å². The first-order valence-corrected chi connectivity index (χ1v) is 8.86. The molecule has 1 aromatic heterocycles. The Kier molecular flexibility index (Phi) is 7.40. The smallest absolute Gasteiger partial charge is 0.188 e. The van der Waals surface area contributed by atoms with Crippen LogP contribution in [0, 0.1) is 6.92 Å². The Morgan fingerprint density at radius 1 is 1.25 bits per heavy atom. The Morgan fingerprint density at radius 2 is 2.00 bits per heavy atom. The zero-order valence-electron chi connectivity index (χ0n) is 14.5. The fourth-order valence-electron chi connectivity index (χ4n) is 3.62. The number of nitrogens with two attached hydrogens (primary N) is 1. The second kappa shape index (κ2) is 9.30. The van der Waals surface area contributed by atoms with Gasteiger partial charge in [-0.2, -0.15) is 0 Å². The van der Waals surface area contributed by atoms with E-state index in [9.17, 15) is 0 Å². The second-order valence-corrected chi connectivity index (χ2v) is 6.66. The van der Waals surface area contributed by atoms with Gasteiger partial charge in [-0.3, -0.25) is 4.99 Å². The molecule has 0 unspecified atom stereocenters. The lowest BCUT2D eigenvalue weighted by Gasteiger charge is -2.16. The third-order valence-corrected chi connectivity index (χ3v) is 4.87. The molecule has 1 fully saturated rings. The van der Waals surface area contributed by atoms with Crippen LogP contribution in [0.5, 0.6) is 0 Å². The number of aromatic amines is 1. The molecule has 132 valence electrons. The van der Waals surface area contributed by atoms with Gasteiger partial charge in [0, 0.05) is 29.7 Å². The van der Waals surface area contributed by atoms with Gasteiger partial charge in [-0.05, 0) is 43.4 Å². The number of benzene rings is 1. The molecule has 4 N–H and O–H groups in total. The van der Waals surface area contributed by atoms with Crippen molar-refractivity contribution in [2.45, 2.75) is 57.9 Å². The number of hydrogen-bond acceptors (Lipinski definition) is 1. The van der Waals surface area contributed by atoms with E-state index in [4.69, 9.17) is 5.73 Å². The van der Waals surface area contributed by atoms with E-state index in [0.717, 1.165) is 13.0 Å². The summed E-state index contributed by atoms with van der Waals surface area (Å²) < 4.78 is 0. The van der Waals surface area contributed by atoms with Crippen molar-refractivity contribution in [3.8, 4) is 0 Å². The molecule has 0 aliphatic heterocycles. The first-order valence-electron chi connectivity index (χ1n) is 8.86. The van der Waals surface area contributed by atoms with Gasteiger partial charge < -0.3 is 16.0 Å². The first kappa shape index (κ1) is 19.1. The van der Waals surface area contributed by atoms with Crippen molar-refractivity contribution in [2.24, 2.45) is 10.7 Å². The molecular weight excluding hydrogens is 411 g/mol. The van der Waals surface area contributed by atoms with Crippen LogP contribution in [0.2, 0.25) is 0 Å². The number of halogens is 1. The van der Waals surface area contributed by atoms with E-state index in [0.29, 0.717) is 12.0 Å². The van der Waals surface area contributed by atoms with Crippen molar-refractivity contribution in [1.29, 1.82) is 0 Å². The molecule has 4 nitrogen and oxygen atoms in total. The van der Waals surface area contributed by atoms with Crippen LogP contribution in [0.15, 0.2) is 29.4 Å². The van der Waals surface area contributed by atoms with Crippen LogP contribution >= 0.6 is 24.0 Å². The van der Waals surface area contributed by atoms with E-state index in [1.807, 2.05) is 0 Å². The molecule has 5 heteroatoms. The van der Waals surface area contributed by atoms with Gasteiger partial charge in [0.1, 0.15) is 0 Å². The van der Waals surface area contributed by atoms with E-state index < -0.39 is 0 Å². The van der Waals surface area contributed by atoms with Gasteiger partial charge in [0.15, 0.2) is 5.96 Å². The molecule has 1 heterocycles. The summed E-state index contributed by atoms with van der Waals surface area (Å²) in [6.45, 7) is 2.89. The van der Waals surface area contributed by atoms with Gasteiger partial charge in [0.25, 0.3) is 0 Å². The Labute approximate surface area is 161 Å². The van der Waals surface area contributed by atoms with Crippen LogP contribution in [0.25, 0.3) is 10.9 Å². The first-order chi connectivity index (χ1) is 11.2. The van der Waals surface area contributed by atoms with Gasteiger partial charge in [-0.25, -0.2) is 0 Å². The summed E-state index contributed by atoms with van der Waals surface area (Å²) in [6.07, 6.45) is 10.8. The quantitative estimate of drug-likeness (QED) is 0.288. The predicted octanol–water partition coefficient (Wildman–Crippen LogP) is 4.26. The van der Waals surface area contributed by atoms with Crippen molar-refractivity contribution < 1.29 is 0 Å². The number of H-pyrrole nitrogens is 1. The maximum Gasteiger partial charge on any atom is 0.188 e. The number of nitrogens with one attached hydrogen (secondary N) is 2. The monoisotopic (exact) mass is 440 g/mol. The number of aryl methyl sites for hydroxylation is 1. The maximum atomic E-state index is 6.07. The molecule has 0 atom stereocenters. The lowest BCUT2D eigenvalue weighted by molar-refractivity contribution is 0.530. The fraction of sp³-hybridized carbons (Fsp3) is 0.526. The van der Waals surface area contributed by atoms with E-state index in [2.05, 4.69) is 46.6 Å². The number of aromatic nitrogens is 1. The van der Waals surface area contributed by atoms with Crippen molar-refractivity contribution in [2.75, 3.05) is 6.54 Å². The Bertz CT molecular complexity index is 669. The zero-order chi connectivity index (χ0) is 16.1. The minimum Gasteiger partial charge on any atom is -0.370 e. The number of nitrogens with zero attached hydrogens (tertiary/aromatic N) is 1. The minimum absolute atomic E-state index is 0. The molecule has 1 aromatic carbocycles. The normalized spacial score (nSPS) is 16.6. The molecule has 0 saturated heterocycles. The van der Waals surface area contributed by atoms with E-state index in [-0.39, 0.29) is 24.0 Å². The second-order valence-electron chi connectivity index (χ2n) is 6.66. The van der Waals surface area contributed by atoms with Gasteiger partial charge in [-0.15, -0.1) is 24.0 Å². The molecule has 24 heavy (non-hydrogen) atoms. The zero-order valence-corrected chi connectivity index (χ0v) is 16.8. The Hall–Kier alpha value is -1.24. The lowest BCUT2D eigenvalue weighted by Crippen LogP contribution is -2.40. The number of guanidine groups is 1. The average molecular weight is 440 g/mol. The highest BCUT2D eigenvalue weighted by Gasteiger charge is 2.12. The van der Waals surface area contributed by atoms with E-state index >= 15 is 0 Å². The molecule has 1 aliphatic rings. The fourth-order valence-corrected chi connectivity index (χ4v) is 3.62. The summed E-state index contributed by atoms with van der Waals surface area (Å²) in [4.78, 5) is 7.87. The third-order valence-electron chi connectivity index (χ3n) is 4.87. The van der Waals surface area contributed by atoms with E-state index in [1.54, 1.807) is 0 Å². The highest BCUT2D eigenvalue weighted by atomic mass is 127. The highest BCUT2D eigenvalue weighted by molar-refractivity contribution is 14.0. The molecule has 0 spiro atoms. The van der Waals surface area contributed by atoms with Crippen molar-refractivity contribution in [3.63, 3.8) is 0 Å². The molecular formula is C19H29IN4. The van der Waals surface area contributed by atoms with Crippen molar-refractivity contribution >= 4 is 40.8 Å². The van der Waals surface area contributed by atoms with Gasteiger partial charge in [0.05, 0.1) is 0 Å². The lowest BCUT2D eigenvalue weighted by atomic mass is 10.1. The maximum absolute atomic E-state index is 6.07. The Balaban J connectivity index is 0.00000208. The molecule has 0 radical (unpaired) electrons. The summed E-state index contributed by atoms with van der Waals surface area (Å²) in [7, 11) is 0. The van der Waals surface area contributed by atoms with Crippen molar-refractivity contribution in [3.05, 3.63) is 35.5 Å². The summed E-state index contributed by atoms with van der Waals surface area (Å²) in [5, 5.41) is 4.74. The van der Waals surface area contributed by atoms with Crippen LogP contribution in [-0.2, 0) is 6.42 Å². The SMILES string of the molecule is Cc1cccc2[nH]cc(CCN=C(N)NC3CCCCCC3)c12.I. The number of rotatable bonds is 4. The van der Waals surface area contributed by atoms with Crippen LogP contribution in [-0.4, -0.2) is 23.5 Å². The summed E-state index contributed by atoms with van der Waals surface area (Å²) in [5.41, 5.74) is 9.91. The molecule has 2 aromatic rings. The molecule has 0 bridgehead atoms. The van der Waals surface area contributed by atoms with E-state index in [1.165, 1.54) is 60.6 Å². The average Bonchev–Trinajstić information content (AvgIpc) is 2.78. The predicted molar refractivity (Wildman–Crippen MR) is 113 cm³/mol. The number of fused-ring (bicyclic) bond motifs is 1. The third kappa shape index (κ3) is 4.88. The molecule has 0 amide bonds. The molecule has 1 aliphatic carbocycles. The summed E-state index contributed by atoms with van der Waals surface area (Å²) in [6, 6.07) is 6.88. The Morgan fingerprint density at radius 3 is 2.75 bits per heavy atom. The molecule has 3 rings (SSSR count). The summed E-state index contributed by atoms with van der Waals surface area (Å²) >= 11 is 0. The van der Waals surface area contributed by atoms with Crippen molar-refractivity contribution in [1.82, 2.24) is 10.3 Å². The minimum atomic E-state index is 0. The topological polar surface area (TPSA) is 66.2 Å². The number of aliphatic imine (C=N–C) groups is 1. The largest absolute Gasteiger partial charge is 0.370 e. The van der Waals surface area contributed by atoms with Gasteiger partial charge >= 0.3 is 0 Å². The van der Waals surface area contributed by atoms with Crippen LogP contribution in [0.4, 0.5) is 0 Å². The standard InChI is InChI=1S/C19H28N4.HI/c1-14-7-6-10-17-18(14)15(13-22-17)11-12-21-19(20)23-16-8-4-2-3-5-9-16;/h6-7,10,13,16,22H,2-5,8-9,11-12H2,1H3,(H3,20,21,23);1H. The van der Waals surface area contributed by atoms with Crippen LogP contribution in [0.3, 0.4) is 0 Å². The van der Waals surface area contributed by atoms with Crippen LogP contribution in [0.1, 0.15) is 49.7 Å². The van der Waals surface area contributed by atoms with Gasteiger partial charge in [0.2, 0.25) is 0 Å². The highest BCUT2D eigenvalue weighted by Crippen LogP contribution is 2.22. The summed E-state index contributed by atoms with van der Waals surface area (Å²) in [5.74, 6) is 0.605. The number of hydrogen-bond donors (Lipinski definition) is 3. The van der Waals surface area contributed by atoms with Crippen LogP contribution < -0.4 is 11.1 Å². The molecule has 1 saturated carbocycles.